The second-order valence-corrected chi connectivity index (χ2v) is 5.20. The number of nitriles is 1. The van der Waals surface area contributed by atoms with Crippen LogP contribution in [0.15, 0.2) is 42.5 Å². The number of carbonyl (C=O) groups is 2. The highest BCUT2D eigenvalue weighted by molar-refractivity contribution is 5.96. The van der Waals surface area contributed by atoms with Gasteiger partial charge in [0.2, 0.25) is 0 Å². The first-order chi connectivity index (χ1) is 13.1. The maximum Gasteiger partial charge on any atom is 0.276 e. The fourth-order valence-electron chi connectivity index (χ4n) is 2.15. The lowest BCUT2D eigenvalue weighted by atomic mass is 10.2. The van der Waals surface area contributed by atoms with Crippen LogP contribution in [0.3, 0.4) is 0 Å². The molecule has 0 spiro atoms. The van der Waals surface area contributed by atoms with Crippen molar-refractivity contribution in [2.24, 2.45) is 0 Å². The molecule has 0 bridgehead atoms. The number of rotatable bonds is 7. The van der Waals surface area contributed by atoms with Crippen LogP contribution in [0.25, 0.3) is 0 Å². The molecule has 2 aromatic rings. The van der Waals surface area contributed by atoms with Crippen molar-refractivity contribution in [3.8, 4) is 23.3 Å². The van der Waals surface area contributed by atoms with Gasteiger partial charge >= 0.3 is 0 Å². The molecule has 0 saturated carbocycles. The molecule has 8 heteroatoms. The number of para-hydroxylation sites is 1. The lowest BCUT2D eigenvalue weighted by Crippen LogP contribution is -2.43. The van der Waals surface area contributed by atoms with Gasteiger partial charge in [-0.1, -0.05) is 12.1 Å². The molecule has 0 radical (unpaired) electrons. The summed E-state index contributed by atoms with van der Waals surface area (Å²) in [5.74, 6) is 0.117. The summed E-state index contributed by atoms with van der Waals surface area (Å²) in [7, 11) is 1.47. The minimum atomic E-state index is -0.575. The summed E-state index contributed by atoms with van der Waals surface area (Å²) < 4.78 is 15.9. The number of hydrazine groups is 1. The molecular weight excluding hydrogens is 350 g/mol. The van der Waals surface area contributed by atoms with Crippen molar-refractivity contribution in [3.63, 3.8) is 0 Å². The quantitative estimate of drug-likeness (QED) is 0.720. The van der Waals surface area contributed by atoms with Gasteiger partial charge in [-0.2, -0.15) is 5.26 Å². The van der Waals surface area contributed by atoms with E-state index in [-0.39, 0.29) is 17.9 Å². The maximum atomic E-state index is 12.2. The third-order valence-electron chi connectivity index (χ3n) is 3.41. The number of hydrogen-bond acceptors (Lipinski definition) is 6. The predicted octanol–water partition coefficient (Wildman–Crippen LogP) is 1.81. The molecule has 0 aliphatic rings. The predicted molar refractivity (Wildman–Crippen MR) is 96.4 cm³/mol. The molecule has 0 saturated heterocycles. The van der Waals surface area contributed by atoms with Crippen LogP contribution in [0, 0.1) is 11.3 Å². The zero-order valence-corrected chi connectivity index (χ0v) is 14.9. The number of benzene rings is 2. The van der Waals surface area contributed by atoms with Gasteiger partial charge in [0.15, 0.2) is 18.1 Å². The van der Waals surface area contributed by atoms with Crippen molar-refractivity contribution in [2.45, 2.75) is 6.92 Å². The van der Waals surface area contributed by atoms with Crippen LogP contribution in [0.4, 0.5) is 0 Å². The molecule has 0 unspecified atom stereocenters. The molecule has 2 amide bonds. The molecule has 2 aromatic carbocycles. The van der Waals surface area contributed by atoms with Gasteiger partial charge in [-0.3, -0.25) is 20.4 Å². The molecule has 2 N–H and O–H groups in total. The van der Waals surface area contributed by atoms with E-state index >= 15 is 0 Å². The Morgan fingerprint density at radius 1 is 1.04 bits per heavy atom. The maximum absolute atomic E-state index is 12.2. The van der Waals surface area contributed by atoms with Crippen LogP contribution < -0.4 is 25.1 Å². The number of carbonyl (C=O) groups excluding carboxylic acids is 2. The Morgan fingerprint density at radius 2 is 1.81 bits per heavy atom. The lowest BCUT2D eigenvalue weighted by molar-refractivity contribution is -0.123. The van der Waals surface area contributed by atoms with Gasteiger partial charge in [-0.15, -0.1) is 0 Å². The van der Waals surface area contributed by atoms with Crippen molar-refractivity contribution in [3.05, 3.63) is 53.6 Å². The highest BCUT2D eigenvalue weighted by atomic mass is 16.5. The SMILES string of the molecule is CCOc1ccc(C(=O)NNC(=O)COc2ccccc2C#N)cc1OC. The highest BCUT2D eigenvalue weighted by Crippen LogP contribution is 2.27. The smallest absolute Gasteiger partial charge is 0.276 e. The summed E-state index contributed by atoms with van der Waals surface area (Å²) in [6, 6.07) is 13.2. The average molecular weight is 369 g/mol. The zero-order chi connectivity index (χ0) is 19.6. The van der Waals surface area contributed by atoms with Crippen LogP contribution >= 0.6 is 0 Å². The van der Waals surface area contributed by atoms with E-state index in [1.54, 1.807) is 36.4 Å². The van der Waals surface area contributed by atoms with Crippen LogP contribution in [-0.4, -0.2) is 32.1 Å². The fourth-order valence-corrected chi connectivity index (χ4v) is 2.15. The summed E-state index contributed by atoms with van der Waals surface area (Å²) in [6.45, 7) is 1.95. The molecular formula is C19H19N3O5. The molecule has 2 rings (SSSR count). The van der Waals surface area contributed by atoms with E-state index in [1.165, 1.54) is 13.2 Å². The summed E-state index contributed by atoms with van der Waals surface area (Å²) in [5.41, 5.74) is 5.13. The molecule has 27 heavy (non-hydrogen) atoms. The van der Waals surface area contributed by atoms with Crippen LogP contribution in [0.5, 0.6) is 17.2 Å². The lowest BCUT2D eigenvalue weighted by Gasteiger charge is -2.12. The summed E-state index contributed by atoms with van der Waals surface area (Å²) >= 11 is 0. The van der Waals surface area contributed by atoms with Crippen molar-refractivity contribution in [1.82, 2.24) is 10.9 Å². The molecule has 8 nitrogen and oxygen atoms in total. The van der Waals surface area contributed by atoms with E-state index in [0.717, 1.165) is 0 Å². The molecule has 140 valence electrons. The molecule has 0 aliphatic heterocycles. The van der Waals surface area contributed by atoms with Crippen LogP contribution in [-0.2, 0) is 4.79 Å². The number of amides is 2. The number of methoxy groups -OCH3 is 1. The number of nitrogens with one attached hydrogen (secondary N) is 2. The fraction of sp³-hybridized carbons (Fsp3) is 0.211. The van der Waals surface area contributed by atoms with Crippen molar-refractivity contribution >= 4 is 11.8 Å². The number of hydrogen-bond donors (Lipinski definition) is 2. The van der Waals surface area contributed by atoms with Gasteiger partial charge in [0.1, 0.15) is 11.8 Å². The second-order valence-electron chi connectivity index (χ2n) is 5.20. The van der Waals surface area contributed by atoms with E-state index in [0.29, 0.717) is 23.7 Å². The third kappa shape index (κ3) is 5.37. The summed E-state index contributed by atoms with van der Waals surface area (Å²) in [6.07, 6.45) is 0. The first kappa shape index (κ1) is 19.6. The van der Waals surface area contributed by atoms with Gasteiger partial charge in [0.25, 0.3) is 11.8 Å². The van der Waals surface area contributed by atoms with E-state index in [2.05, 4.69) is 10.9 Å². The largest absolute Gasteiger partial charge is 0.493 e. The Hall–Kier alpha value is -3.73. The Kier molecular flexibility index (Phi) is 7.02. The summed E-state index contributed by atoms with van der Waals surface area (Å²) in [4.78, 5) is 24.0. The Balaban J connectivity index is 1.89. The van der Waals surface area contributed by atoms with E-state index < -0.39 is 11.8 Å². The first-order valence-electron chi connectivity index (χ1n) is 8.11. The zero-order valence-electron chi connectivity index (χ0n) is 14.9. The standard InChI is InChI=1S/C19H19N3O5/c1-3-26-16-9-8-13(10-17(16)25-2)19(24)22-21-18(23)12-27-15-7-5-4-6-14(15)11-20/h4-10H,3,12H2,1-2H3,(H,21,23)(H,22,24). The summed E-state index contributed by atoms with van der Waals surface area (Å²) in [5, 5.41) is 8.98. The molecule has 0 aliphatic carbocycles. The average Bonchev–Trinajstić information content (AvgIpc) is 2.71. The van der Waals surface area contributed by atoms with E-state index in [1.807, 2.05) is 13.0 Å². The minimum Gasteiger partial charge on any atom is -0.493 e. The molecule has 0 heterocycles. The first-order valence-corrected chi connectivity index (χ1v) is 8.11. The van der Waals surface area contributed by atoms with Gasteiger partial charge in [-0.25, -0.2) is 0 Å². The van der Waals surface area contributed by atoms with Gasteiger partial charge in [-0.05, 0) is 37.3 Å². The normalized spacial score (nSPS) is 9.67. The number of nitrogens with zero attached hydrogens (tertiary/aromatic N) is 1. The Labute approximate surface area is 156 Å². The van der Waals surface area contributed by atoms with Gasteiger partial charge in [0.05, 0.1) is 19.3 Å². The van der Waals surface area contributed by atoms with Gasteiger partial charge < -0.3 is 14.2 Å². The van der Waals surface area contributed by atoms with Crippen molar-refractivity contribution < 1.29 is 23.8 Å². The Morgan fingerprint density at radius 3 is 2.52 bits per heavy atom. The van der Waals surface area contributed by atoms with Crippen molar-refractivity contribution in [1.29, 1.82) is 5.26 Å². The minimum absolute atomic E-state index is 0.284. The van der Waals surface area contributed by atoms with Gasteiger partial charge in [0, 0.05) is 5.56 Å². The van der Waals surface area contributed by atoms with Crippen molar-refractivity contribution in [2.75, 3.05) is 20.3 Å². The third-order valence-corrected chi connectivity index (χ3v) is 3.41. The van der Waals surface area contributed by atoms with Crippen LogP contribution in [0.1, 0.15) is 22.8 Å². The topological polar surface area (TPSA) is 110 Å². The van der Waals surface area contributed by atoms with E-state index in [4.69, 9.17) is 19.5 Å². The molecule has 0 fully saturated rings. The molecule has 0 atom stereocenters. The monoisotopic (exact) mass is 369 g/mol. The Bertz CT molecular complexity index is 861. The van der Waals surface area contributed by atoms with Crippen LogP contribution in [0.2, 0.25) is 0 Å². The van der Waals surface area contributed by atoms with E-state index in [9.17, 15) is 9.59 Å². The number of ether oxygens (including phenoxy) is 3. The molecule has 0 aromatic heterocycles. The second kappa shape index (κ2) is 9.68. The highest BCUT2D eigenvalue weighted by Gasteiger charge is 2.12.